The van der Waals surface area contributed by atoms with Gasteiger partial charge in [-0.25, -0.2) is 4.85 Å². The third-order valence-corrected chi connectivity index (χ3v) is 10.1. The Hall–Kier alpha value is -2.09. The van der Waals surface area contributed by atoms with E-state index in [0.717, 1.165) is 16.5 Å². The van der Waals surface area contributed by atoms with E-state index in [9.17, 15) is 0 Å². The zero-order valence-electron chi connectivity index (χ0n) is 14.6. The Balaban J connectivity index is 2.28. The highest BCUT2D eigenvalue weighted by Crippen LogP contribution is 2.37. The van der Waals surface area contributed by atoms with Crippen LogP contribution >= 0.6 is 0 Å². The van der Waals surface area contributed by atoms with Crippen LogP contribution in [0, 0.1) is 13.5 Å². The second-order valence-electron chi connectivity index (χ2n) is 7.20. The van der Waals surface area contributed by atoms with Crippen molar-refractivity contribution in [2.24, 2.45) is 0 Å². The number of aryl methyl sites for hydroxylation is 1. The molecule has 23 heavy (non-hydrogen) atoms. The van der Waals surface area contributed by atoms with Gasteiger partial charge in [0.15, 0.2) is 5.69 Å². The minimum atomic E-state index is -1.87. The fourth-order valence-corrected chi connectivity index (χ4v) is 7.26. The summed E-state index contributed by atoms with van der Waals surface area (Å²) >= 11 is 0. The van der Waals surface area contributed by atoms with Crippen LogP contribution in [0.5, 0.6) is 0 Å². The Morgan fingerprint density at radius 2 is 1.83 bits per heavy atom. The van der Waals surface area contributed by atoms with Crippen molar-refractivity contribution < 1.29 is 0 Å². The molecule has 2 aromatic carbocycles. The molecule has 0 N–H and O–H groups in total. The zero-order chi connectivity index (χ0) is 16.8. The second-order valence-corrected chi connectivity index (χ2v) is 11.8. The number of fused-ring (bicyclic) bond motifs is 1. The Labute approximate surface area is 140 Å². The molecule has 0 spiro atoms. The van der Waals surface area contributed by atoms with Crippen molar-refractivity contribution >= 4 is 30.5 Å². The molecule has 0 amide bonds. The highest BCUT2D eigenvalue weighted by molar-refractivity contribution is 6.91. The summed E-state index contributed by atoms with van der Waals surface area (Å²) in [5.41, 5.74) is 4.67. The Kier molecular flexibility index (Phi) is 3.59. The smallest absolute Gasteiger partial charge is 0.319 e. The average molecular weight is 323 g/mol. The number of nitrogens with zero attached hydrogens (tertiary/aromatic N) is 3. The predicted octanol–water partition coefficient (Wildman–Crippen LogP) is 4.00. The minimum absolute atomic E-state index is 0.761. The molecule has 1 heterocycles. The molecular formula is C19H24N3Si+. The van der Waals surface area contributed by atoms with Crippen LogP contribution in [-0.2, 0) is 0 Å². The number of quaternary nitrogens is 1. The summed E-state index contributed by atoms with van der Waals surface area (Å²) in [4.78, 5) is 6.06. The first-order valence-corrected chi connectivity index (χ1v) is 10.9. The molecule has 1 unspecified atom stereocenters. The molecule has 2 aromatic rings. The van der Waals surface area contributed by atoms with Gasteiger partial charge in [-0.1, -0.05) is 24.3 Å². The maximum Gasteiger partial charge on any atom is 0.319 e. The topological polar surface area (TPSA) is 7.60 Å². The van der Waals surface area contributed by atoms with Gasteiger partial charge in [-0.2, -0.15) is 0 Å². The first kappa shape index (κ1) is 15.8. The number of hydrogen-bond donors (Lipinski definition) is 0. The number of anilines is 1. The minimum Gasteiger partial charge on any atom is -0.332 e. The summed E-state index contributed by atoms with van der Waals surface area (Å²) in [6.45, 7) is 15.4. The standard InChI is InChI=1S/C19H24N3Si/c1-15-12-16(20-2)13-18-19(15)21(3)14-22(4,23(18,5)6)17-10-8-7-9-11-17/h7-13H,14H2,1,3-6H3/q+1. The summed E-state index contributed by atoms with van der Waals surface area (Å²) in [6, 6.07) is 15.0. The molecular weight excluding hydrogens is 298 g/mol. The van der Waals surface area contributed by atoms with Gasteiger partial charge in [-0.3, -0.25) is 0 Å². The van der Waals surface area contributed by atoms with E-state index >= 15 is 0 Å². The third kappa shape index (κ3) is 2.20. The second kappa shape index (κ2) is 5.22. The lowest BCUT2D eigenvalue weighted by molar-refractivity contribution is 0.489. The van der Waals surface area contributed by atoms with Crippen molar-refractivity contribution in [3.05, 3.63) is 59.4 Å². The van der Waals surface area contributed by atoms with Gasteiger partial charge in [-0.15, -0.1) is 0 Å². The summed E-state index contributed by atoms with van der Waals surface area (Å²) in [5, 5.41) is 1.39. The van der Waals surface area contributed by atoms with Gasteiger partial charge in [0.1, 0.15) is 12.4 Å². The van der Waals surface area contributed by atoms with Crippen LogP contribution in [-0.4, -0.2) is 29.0 Å². The van der Waals surface area contributed by atoms with E-state index in [0.29, 0.717) is 0 Å². The van der Waals surface area contributed by atoms with E-state index in [4.69, 9.17) is 6.57 Å². The molecule has 4 heteroatoms. The fourth-order valence-electron chi connectivity index (χ4n) is 3.90. The lowest BCUT2D eigenvalue weighted by Gasteiger charge is -2.53. The third-order valence-electron chi connectivity index (χ3n) is 5.51. The molecule has 0 aliphatic carbocycles. The lowest BCUT2D eigenvalue weighted by Crippen LogP contribution is -2.76. The van der Waals surface area contributed by atoms with Crippen molar-refractivity contribution in [3.63, 3.8) is 0 Å². The van der Waals surface area contributed by atoms with Crippen LogP contribution in [0.1, 0.15) is 5.56 Å². The van der Waals surface area contributed by atoms with E-state index in [1.165, 1.54) is 22.1 Å². The molecule has 3 nitrogen and oxygen atoms in total. The van der Waals surface area contributed by atoms with Crippen molar-refractivity contribution in [2.45, 2.75) is 20.0 Å². The van der Waals surface area contributed by atoms with E-state index in [1.807, 2.05) is 6.07 Å². The molecule has 0 bridgehead atoms. The van der Waals surface area contributed by atoms with E-state index in [-0.39, 0.29) is 0 Å². The molecule has 118 valence electrons. The zero-order valence-corrected chi connectivity index (χ0v) is 15.6. The van der Waals surface area contributed by atoms with E-state index < -0.39 is 8.24 Å². The first-order chi connectivity index (χ1) is 10.8. The lowest BCUT2D eigenvalue weighted by atomic mass is 10.1. The Morgan fingerprint density at radius 1 is 1.17 bits per heavy atom. The summed E-state index contributed by atoms with van der Waals surface area (Å²) in [5.74, 6) is 0. The number of hydrogen-bond acceptors (Lipinski definition) is 1. The van der Waals surface area contributed by atoms with Crippen LogP contribution < -0.4 is 14.2 Å². The van der Waals surface area contributed by atoms with E-state index in [1.54, 1.807) is 0 Å². The van der Waals surface area contributed by atoms with Gasteiger partial charge in [-0.05, 0) is 43.8 Å². The van der Waals surface area contributed by atoms with Crippen molar-refractivity contribution in [1.29, 1.82) is 0 Å². The van der Waals surface area contributed by atoms with Crippen molar-refractivity contribution in [2.75, 3.05) is 25.7 Å². The van der Waals surface area contributed by atoms with Gasteiger partial charge in [0, 0.05) is 17.9 Å². The van der Waals surface area contributed by atoms with Gasteiger partial charge in [0.2, 0.25) is 0 Å². The summed E-state index contributed by atoms with van der Waals surface area (Å²) in [7, 11) is 2.65. The normalized spacial score (nSPS) is 22.3. The van der Waals surface area contributed by atoms with Gasteiger partial charge < -0.3 is 9.05 Å². The van der Waals surface area contributed by atoms with Crippen LogP contribution in [0.2, 0.25) is 13.1 Å². The molecule has 0 aromatic heterocycles. The van der Waals surface area contributed by atoms with Gasteiger partial charge in [0.05, 0.1) is 13.6 Å². The van der Waals surface area contributed by atoms with Crippen LogP contribution in [0.15, 0.2) is 42.5 Å². The number of rotatable bonds is 1. The number of para-hydroxylation sites is 1. The van der Waals surface area contributed by atoms with Gasteiger partial charge in [0.25, 0.3) is 0 Å². The van der Waals surface area contributed by atoms with Crippen LogP contribution in [0.4, 0.5) is 17.1 Å². The molecule has 1 aliphatic heterocycles. The highest BCUT2D eigenvalue weighted by Gasteiger charge is 2.53. The quantitative estimate of drug-likeness (QED) is 0.569. The van der Waals surface area contributed by atoms with Crippen molar-refractivity contribution in [3.8, 4) is 0 Å². The predicted molar refractivity (Wildman–Crippen MR) is 102 cm³/mol. The molecule has 0 saturated carbocycles. The van der Waals surface area contributed by atoms with E-state index in [2.05, 4.69) is 80.3 Å². The first-order valence-electron chi connectivity index (χ1n) is 7.96. The van der Waals surface area contributed by atoms with Crippen LogP contribution in [0.3, 0.4) is 0 Å². The molecule has 0 radical (unpaired) electrons. The Morgan fingerprint density at radius 3 is 2.43 bits per heavy atom. The maximum atomic E-state index is 7.42. The summed E-state index contributed by atoms with van der Waals surface area (Å²) in [6.07, 6.45) is 0. The number of benzene rings is 2. The highest BCUT2D eigenvalue weighted by atomic mass is 28.3. The average Bonchev–Trinajstić information content (AvgIpc) is 2.53. The summed E-state index contributed by atoms with van der Waals surface area (Å²) < 4.78 is 0.929. The molecule has 1 aliphatic rings. The Bertz CT molecular complexity index is 792. The SMILES string of the molecule is [C-]#[N+]c1cc(C)c2c(c1)[Si](C)(C)[N+](C)(c1ccccc1)CN2C. The van der Waals surface area contributed by atoms with Crippen molar-refractivity contribution in [1.82, 2.24) is 4.15 Å². The largest absolute Gasteiger partial charge is 0.332 e. The maximum absolute atomic E-state index is 7.42. The molecule has 1 atom stereocenters. The molecule has 0 fully saturated rings. The van der Waals surface area contributed by atoms with Crippen LogP contribution in [0.25, 0.3) is 4.85 Å². The molecule has 0 saturated heterocycles. The molecule has 3 rings (SSSR count). The fraction of sp³-hybridized carbons (Fsp3) is 0.316. The van der Waals surface area contributed by atoms with Gasteiger partial charge >= 0.3 is 8.24 Å². The monoisotopic (exact) mass is 322 g/mol.